The summed E-state index contributed by atoms with van der Waals surface area (Å²) in [4.78, 5) is 14.5. The first-order valence-corrected chi connectivity index (χ1v) is 7.18. The second-order valence-electron chi connectivity index (χ2n) is 5.76. The second kappa shape index (κ2) is 6.02. The number of carbonyl (C=O) groups excluding carboxylic acids is 1. The van der Waals surface area contributed by atoms with E-state index in [1.165, 1.54) is 0 Å². The molecule has 0 spiro atoms. The number of piperidine rings is 1. The van der Waals surface area contributed by atoms with Crippen molar-refractivity contribution in [2.75, 3.05) is 26.3 Å². The van der Waals surface area contributed by atoms with Crippen LogP contribution in [0.4, 0.5) is 0 Å². The Morgan fingerprint density at radius 2 is 2.22 bits per heavy atom. The fourth-order valence-electron chi connectivity index (χ4n) is 3.10. The fraction of sp³-hybridized carbons (Fsp3) is 0.929. The van der Waals surface area contributed by atoms with Gasteiger partial charge in [0, 0.05) is 38.1 Å². The van der Waals surface area contributed by atoms with E-state index in [0.717, 1.165) is 25.8 Å². The SMILES string of the molecule is CCC1CN(C(=O)C2CCOCC2C)CCC1O. The minimum Gasteiger partial charge on any atom is -0.393 e. The molecular formula is C14H25NO3. The van der Waals surface area contributed by atoms with Crippen LogP contribution in [0, 0.1) is 17.8 Å². The summed E-state index contributed by atoms with van der Waals surface area (Å²) in [5.74, 6) is 0.957. The number of amides is 1. The molecule has 2 rings (SSSR count). The minimum absolute atomic E-state index is 0.117. The predicted molar refractivity (Wildman–Crippen MR) is 69.1 cm³/mol. The monoisotopic (exact) mass is 255 g/mol. The number of carbonyl (C=O) groups is 1. The zero-order valence-electron chi connectivity index (χ0n) is 11.5. The van der Waals surface area contributed by atoms with Gasteiger partial charge >= 0.3 is 0 Å². The lowest BCUT2D eigenvalue weighted by molar-refractivity contribution is -0.145. The third-order valence-corrected chi connectivity index (χ3v) is 4.49. The zero-order valence-corrected chi connectivity index (χ0v) is 11.5. The van der Waals surface area contributed by atoms with Crippen LogP contribution in [0.1, 0.15) is 33.1 Å². The molecule has 104 valence electrons. The zero-order chi connectivity index (χ0) is 13.1. The van der Waals surface area contributed by atoms with Gasteiger partial charge < -0.3 is 14.7 Å². The van der Waals surface area contributed by atoms with Crippen molar-refractivity contribution in [3.63, 3.8) is 0 Å². The van der Waals surface area contributed by atoms with Crippen molar-refractivity contribution in [2.45, 2.75) is 39.2 Å². The number of likely N-dealkylation sites (tertiary alicyclic amines) is 1. The first-order chi connectivity index (χ1) is 8.63. The molecule has 4 atom stereocenters. The van der Waals surface area contributed by atoms with Gasteiger partial charge in [-0.15, -0.1) is 0 Å². The number of aliphatic hydroxyl groups excluding tert-OH is 1. The van der Waals surface area contributed by atoms with E-state index in [1.807, 2.05) is 4.90 Å². The van der Waals surface area contributed by atoms with Crippen LogP contribution in [0.2, 0.25) is 0 Å². The molecule has 0 aromatic rings. The van der Waals surface area contributed by atoms with Gasteiger partial charge in [0.25, 0.3) is 0 Å². The highest BCUT2D eigenvalue weighted by Gasteiger charge is 2.35. The summed E-state index contributed by atoms with van der Waals surface area (Å²) in [6.07, 6.45) is 2.28. The van der Waals surface area contributed by atoms with Gasteiger partial charge in [-0.1, -0.05) is 13.8 Å². The molecule has 2 saturated heterocycles. The van der Waals surface area contributed by atoms with Crippen molar-refractivity contribution in [3.05, 3.63) is 0 Å². The highest BCUT2D eigenvalue weighted by Crippen LogP contribution is 2.27. The average Bonchev–Trinajstić information content (AvgIpc) is 2.39. The van der Waals surface area contributed by atoms with E-state index in [4.69, 9.17) is 4.74 Å². The first-order valence-electron chi connectivity index (χ1n) is 7.18. The number of rotatable bonds is 2. The third-order valence-electron chi connectivity index (χ3n) is 4.49. The summed E-state index contributed by atoms with van der Waals surface area (Å²) < 4.78 is 5.40. The largest absolute Gasteiger partial charge is 0.393 e. The van der Waals surface area contributed by atoms with E-state index in [2.05, 4.69) is 13.8 Å². The van der Waals surface area contributed by atoms with E-state index < -0.39 is 0 Å². The number of hydrogen-bond donors (Lipinski definition) is 1. The molecule has 0 aliphatic carbocycles. The minimum atomic E-state index is -0.230. The number of aliphatic hydroxyl groups is 1. The van der Waals surface area contributed by atoms with E-state index in [0.29, 0.717) is 25.7 Å². The van der Waals surface area contributed by atoms with Crippen molar-refractivity contribution in [2.24, 2.45) is 17.8 Å². The predicted octanol–water partition coefficient (Wildman–Crippen LogP) is 1.28. The van der Waals surface area contributed by atoms with Crippen molar-refractivity contribution in [3.8, 4) is 0 Å². The van der Waals surface area contributed by atoms with Crippen LogP contribution in [-0.2, 0) is 9.53 Å². The Morgan fingerprint density at radius 1 is 1.44 bits per heavy atom. The van der Waals surface area contributed by atoms with Crippen LogP contribution in [0.15, 0.2) is 0 Å². The molecule has 2 aliphatic heterocycles. The molecule has 1 amide bonds. The molecule has 0 saturated carbocycles. The summed E-state index contributed by atoms with van der Waals surface area (Å²) in [6, 6.07) is 0. The fourth-order valence-corrected chi connectivity index (χ4v) is 3.10. The molecule has 4 heteroatoms. The van der Waals surface area contributed by atoms with E-state index >= 15 is 0 Å². The maximum absolute atomic E-state index is 12.5. The third kappa shape index (κ3) is 2.86. The first kappa shape index (κ1) is 13.8. The van der Waals surface area contributed by atoms with Gasteiger partial charge in [0.05, 0.1) is 6.10 Å². The molecule has 2 aliphatic rings. The molecule has 4 nitrogen and oxygen atoms in total. The Hall–Kier alpha value is -0.610. The Labute approximate surface area is 109 Å². The molecule has 0 aromatic heterocycles. The lowest BCUT2D eigenvalue weighted by Gasteiger charge is -2.39. The van der Waals surface area contributed by atoms with Gasteiger partial charge in [-0.3, -0.25) is 4.79 Å². The molecule has 2 heterocycles. The lowest BCUT2D eigenvalue weighted by Crippen LogP contribution is -2.49. The summed E-state index contributed by atoms with van der Waals surface area (Å²) in [5.41, 5.74) is 0. The molecular weight excluding hydrogens is 230 g/mol. The Bertz CT molecular complexity index is 295. The van der Waals surface area contributed by atoms with Crippen LogP contribution in [0.3, 0.4) is 0 Å². The molecule has 1 N–H and O–H groups in total. The summed E-state index contributed by atoms with van der Waals surface area (Å²) in [5, 5.41) is 9.87. The summed E-state index contributed by atoms with van der Waals surface area (Å²) in [7, 11) is 0. The second-order valence-corrected chi connectivity index (χ2v) is 5.76. The quantitative estimate of drug-likeness (QED) is 0.808. The van der Waals surface area contributed by atoms with Crippen LogP contribution < -0.4 is 0 Å². The average molecular weight is 255 g/mol. The molecule has 0 radical (unpaired) electrons. The van der Waals surface area contributed by atoms with E-state index in [-0.39, 0.29) is 23.8 Å². The maximum atomic E-state index is 12.5. The Kier molecular flexibility index (Phi) is 4.62. The van der Waals surface area contributed by atoms with Crippen molar-refractivity contribution in [1.29, 1.82) is 0 Å². The van der Waals surface area contributed by atoms with Crippen molar-refractivity contribution in [1.82, 2.24) is 4.90 Å². The number of ether oxygens (including phenoxy) is 1. The van der Waals surface area contributed by atoms with Gasteiger partial charge in [-0.2, -0.15) is 0 Å². The molecule has 0 aromatic carbocycles. The van der Waals surface area contributed by atoms with Crippen molar-refractivity contribution >= 4 is 5.91 Å². The molecule has 4 unspecified atom stereocenters. The van der Waals surface area contributed by atoms with E-state index in [1.54, 1.807) is 0 Å². The molecule has 18 heavy (non-hydrogen) atoms. The summed E-state index contributed by atoms with van der Waals surface area (Å²) in [6.45, 7) is 7.01. The van der Waals surface area contributed by atoms with Gasteiger partial charge in [0.15, 0.2) is 0 Å². The topological polar surface area (TPSA) is 49.8 Å². The Balaban J connectivity index is 1.96. The van der Waals surface area contributed by atoms with Gasteiger partial charge in [0.2, 0.25) is 5.91 Å². The van der Waals surface area contributed by atoms with Crippen molar-refractivity contribution < 1.29 is 14.6 Å². The van der Waals surface area contributed by atoms with Crippen LogP contribution in [0.25, 0.3) is 0 Å². The summed E-state index contributed by atoms with van der Waals surface area (Å²) >= 11 is 0. The maximum Gasteiger partial charge on any atom is 0.226 e. The van der Waals surface area contributed by atoms with E-state index in [9.17, 15) is 9.90 Å². The van der Waals surface area contributed by atoms with Crippen LogP contribution in [0.5, 0.6) is 0 Å². The Morgan fingerprint density at radius 3 is 2.89 bits per heavy atom. The standard InChI is InChI=1S/C14H25NO3/c1-3-11-8-15(6-4-13(11)16)14(17)12-5-7-18-9-10(12)2/h10-13,16H,3-9H2,1-2H3. The number of nitrogens with zero attached hydrogens (tertiary/aromatic N) is 1. The molecule has 2 fully saturated rings. The smallest absolute Gasteiger partial charge is 0.226 e. The highest BCUT2D eigenvalue weighted by molar-refractivity contribution is 5.79. The van der Waals surface area contributed by atoms with Gasteiger partial charge in [-0.05, 0) is 25.2 Å². The van der Waals surface area contributed by atoms with Crippen LogP contribution >= 0.6 is 0 Å². The highest BCUT2D eigenvalue weighted by atomic mass is 16.5. The molecule has 0 bridgehead atoms. The number of hydrogen-bond acceptors (Lipinski definition) is 3. The normalized spacial score (nSPS) is 37.6. The van der Waals surface area contributed by atoms with Gasteiger partial charge in [0.1, 0.15) is 0 Å². The lowest BCUT2D eigenvalue weighted by atomic mass is 9.86. The van der Waals surface area contributed by atoms with Crippen LogP contribution in [-0.4, -0.2) is 48.3 Å². The van der Waals surface area contributed by atoms with Gasteiger partial charge in [-0.25, -0.2) is 0 Å².